The average Bonchev–Trinajstić information content (AvgIpc) is 2.57. The summed E-state index contributed by atoms with van der Waals surface area (Å²) in [6.07, 6.45) is 5.13. The molecule has 0 fully saturated rings. The Bertz CT molecular complexity index is 744. The number of amides is 1. The van der Waals surface area contributed by atoms with Gasteiger partial charge in [0.15, 0.2) is 0 Å². The van der Waals surface area contributed by atoms with Gasteiger partial charge < -0.3 is 9.64 Å². The molecule has 0 aliphatic heterocycles. The third-order valence-corrected chi connectivity index (χ3v) is 3.79. The van der Waals surface area contributed by atoms with Gasteiger partial charge in [-0.25, -0.2) is 0 Å². The molecule has 2 rings (SSSR count). The number of hydrogen-bond donors (Lipinski definition) is 0. The van der Waals surface area contributed by atoms with Gasteiger partial charge in [0.2, 0.25) is 5.91 Å². The Hall–Kier alpha value is -2.62. The average molecular weight is 338 g/mol. The summed E-state index contributed by atoms with van der Waals surface area (Å²) in [4.78, 5) is 17.7. The Labute approximate surface area is 150 Å². The molecule has 0 spiro atoms. The lowest BCUT2D eigenvalue weighted by molar-refractivity contribution is -0.123. The minimum Gasteiger partial charge on any atom is -0.486 e. The number of ether oxygens (including phenoxy) is 1. The highest BCUT2D eigenvalue weighted by atomic mass is 16.5. The fourth-order valence-corrected chi connectivity index (χ4v) is 2.38. The molecule has 0 aliphatic rings. The Morgan fingerprint density at radius 2 is 1.92 bits per heavy atom. The quantitative estimate of drug-likeness (QED) is 0.772. The van der Waals surface area contributed by atoms with Gasteiger partial charge >= 0.3 is 0 Å². The number of nitrogens with zero attached hydrogens (tertiary/aromatic N) is 2. The summed E-state index contributed by atoms with van der Waals surface area (Å²) in [6, 6.07) is 11.8. The zero-order valence-corrected chi connectivity index (χ0v) is 15.6. The fourth-order valence-electron chi connectivity index (χ4n) is 2.38. The van der Waals surface area contributed by atoms with Crippen molar-refractivity contribution >= 4 is 12.0 Å². The van der Waals surface area contributed by atoms with Crippen LogP contribution >= 0.6 is 0 Å². The lowest BCUT2D eigenvalue weighted by atomic mass is 9.85. The molecule has 1 heterocycles. The molecular weight excluding hydrogens is 312 g/mol. The largest absolute Gasteiger partial charge is 0.486 e. The second-order valence-electron chi connectivity index (χ2n) is 7.15. The number of pyridine rings is 1. The van der Waals surface area contributed by atoms with E-state index < -0.39 is 0 Å². The summed E-state index contributed by atoms with van der Waals surface area (Å²) in [5.74, 6) is 0.736. The van der Waals surface area contributed by atoms with Crippen LogP contribution < -0.4 is 4.74 Å². The SMILES string of the molecule is CN(C)C(=O)/C=C/c1cccc(C(C)(C)C)c1OCc1ccccn1. The number of rotatable bonds is 5. The summed E-state index contributed by atoms with van der Waals surface area (Å²) >= 11 is 0. The van der Waals surface area contributed by atoms with Crippen LogP contribution in [-0.2, 0) is 16.8 Å². The van der Waals surface area contributed by atoms with Gasteiger partial charge in [-0.15, -0.1) is 0 Å². The highest BCUT2D eigenvalue weighted by Gasteiger charge is 2.21. The highest BCUT2D eigenvalue weighted by molar-refractivity contribution is 5.91. The van der Waals surface area contributed by atoms with E-state index in [-0.39, 0.29) is 11.3 Å². The second-order valence-corrected chi connectivity index (χ2v) is 7.15. The maximum absolute atomic E-state index is 11.9. The molecule has 1 aromatic carbocycles. The summed E-state index contributed by atoms with van der Waals surface area (Å²) in [6.45, 7) is 6.83. The number of carbonyl (C=O) groups is 1. The molecule has 25 heavy (non-hydrogen) atoms. The van der Waals surface area contributed by atoms with E-state index >= 15 is 0 Å². The van der Waals surface area contributed by atoms with Gasteiger partial charge in [-0.2, -0.15) is 0 Å². The minimum absolute atomic E-state index is 0.0585. The summed E-state index contributed by atoms with van der Waals surface area (Å²) in [5, 5.41) is 0. The first-order chi connectivity index (χ1) is 11.8. The number of likely N-dealkylation sites (N-methyl/N-ethyl adjacent to an activating group) is 1. The number of hydrogen-bond acceptors (Lipinski definition) is 3. The molecule has 0 saturated heterocycles. The van der Waals surface area contributed by atoms with Gasteiger partial charge in [0.05, 0.1) is 5.69 Å². The van der Waals surface area contributed by atoms with Crippen LogP contribution in [0.25, 0.3) is 6.08 Å². The van der Waals surface area contributed by atoms with Crippen molar-refractivity contribution in [2.45, 2.75) is 32.8 Å². The smallest absolute Gasteiger partial charge is 0.246 e. The number of carbonyl (C=O) groups excluding carboxylic acids is 1. The van der Waals surface area contributed by atoms with E-state index in [9.17, 15) is 4.79 Å². The normalized spacial score (nSPS) is 11.6. The van der Waals surface area contributed by atoms with Crippen LogP contribution in [0.1, 0.15) is 37.6 Å². The van der Waals surface area contributed by atoms with E-state index in [2.05, 4.69) is 31.8 Å². The first-order valence-electron chi connectivity index (χ1n) is 8.34. The summed E-state index contributed by atoms with van der Waals surface area (Å²) < 4.78 is 6.13. The van der Waals surface area contributed by atoms with E-state index in [1.807, 2.05) is 36.4 Å². The van der Waals surface area contributed by atoms with Crippen LogP contribution in [-0.4, -0.2) is 29.9 Å². The standard InChI is InChI=1S/C21H26N2O2/c1-21(2,3)18-11-8-9-16(12-13-19(24)23(4)5)20(18)25-15-17-10-6-7-14-22-17/h6-14H,15H2,1-5H3/b13-12+. The third-order valence-electron chi connectivity index (χ3n) is 3.79. The Morgan fingerprint density at radius 1 is 1.16 bits per heavy atom. The number of aromatic nitrogens is 1. The van der Waals surface area contributed by atoms with Crippen molar-refractivity contribution in [3.63, 3.8) is 0 Å². The van der Waals surface area contributed by atoms with Gasteiger partial charge in [-0.1, -0.05) is 45.0 Å². The molecule has 0 unspecified atom stereocenters. The lowest BCUT2D eigenvalue weighted by Gasteiger charge is -2.24. The van der Waals surface area contributed by atoms with Crippen molar-refractivity contribution < 1.29 is 9.53 Å². The zero-order chi connectivity index (χ0) is 18.4. The van der Waals surface area contributed by atoms with Crippen LogP contribution in [0, 0.1) is 0 Å². The fraction of sp³-hybridized carbons (Fsp3) is 0.333. The molecule has 4 heteroatoms. The molecule has 1 aromatic heterocycles. The molecule has 2 aromatic rings. The summed E-state index contributed by atoms with van der Waals surface area (Å²) in [7, 11) is 3.47. The van der Waals surface area contributed by atoms with Gasteiger partial charge in [0, 0.05) is 37.5 Å². The van der Waals surface area contributed by atoms with Crippen LogP contribution in [0.4, 0.5) is 0 Å². The zero-order valence-electron chi connectivity index (χ0n) is 15.6. The third kappa shape index (κ3) is 5.18. The van der Waals surface area contributed by atoms with Crippen molar-refractivity contribution in [3.8, 4) is 5.75 Å². The minimum atomic E-state index is -0.0745. The van der Waals surface area contributed by atoms with Crippen LogP contribution in [0.3, 0.4) is 0 Å². The van der Waals surface area contributed by atoms with E-state index in [1.54, 1.807) is 31.3 Å². The van der Waals surface area contributed by atoms with Crippen molar-refractivity contribution in [1.82, 2.24) is 9.88 Å². The van der Waals surface area contributed by atoms with Crippen molar-refractivity contribution in [1.29, 1.82) is 0 Å². The Kier molecular flexibility index (Phi) is 5.97. The Balaban J connectivity index is 2.36. The Morgan fingerprint density at radius 3 is 2.52 bits per heavy atom. The van der Waals surface area contributed by atoms with Gasteiger partial charge in [-0.3, -0.25) is 9.78 Å². The molecule has 0 N–H and O–H groups in total. The monoisotopic (exact) mass is 338 g/mol. The van der Waals surface area contributed by atoms with Crippen molar-refractivity contribution in [3.05, 3.63) is 65.5 Å². The van der Waals surface area contributed by atoms with E-state index in [1.165, 1.54) is 0 Å². The molecule has 0 aliphatic carbocycles. The van der Waals surface area contributed by atoms with Crippen LogP contribution in [0.15, 0.2) is 48.7 Å². The first kappa shape index (κ1) is 18.7. The van der Waals surface area contributed by atoms with Gasteiger partial charge in [0.25, 0.3) is 0 Å². The second kappa shape index (κ2) is 7.97. The highest BCUT2D eigenvalue weighted by Crippen LogP contribution is 2.35. The van der Waals surface area contributed by atoms with Crippen molar-refractivity contribution in [2.75, 3.05) is 14.1 Å². The van der Waals surface area contributed by atoms with E-state index in [4.69, 9.17) is 4.74 Å². The molecule has 1 amide bonds. The maximum Gasteiger partial charge on any atom is 0.246 e. The summed E-state index contributed by atoms with van der Waals surface area (Å²) in [5.41, 5.74) is 2.78. The topological polar surface area (TPSA) is 42.4 Å². The number of para-hydroxylation sites is 1. The van der Waals surface area contributed by atoms with Gasteiger partial charge in [0.1, 0.15) is 12.4 Å². The first-order valence-corrected chi connectivity index (χ1v) is 8.34. The molecule has 4 nitrogen and oxygen atoms in total. The molecular formula is C21H26N2O2. The molecule has 0 saturated carbocycles. The van der Waals surface area contributed by atoms with E-state index in [0.717, 1.165) is 22.6 Å². The van der Waals surface area contributed by atoms with Gasteiger partial charge in [-0.05, 0) is 23.6 Å². The predicted octanol–water partition coefficient (Wildman–Crippen LogP) is 4.06. The predicted molar refractivity (Wildman–Crippen MR) is 101 cm³/mol. The maximum atomic E-state index is 11.9. The number of benzene rings is 1. The van der Waals surface area contributed by atoms with E-state index in [0.29, 0.717) is 6.61 Å². The lowest BCUT2D eigenvalue weighted by Crippen LogP contribution is -2.18. The molecule has 132 valence electrons. The molecule has 0 radical (unpaired) electrons. The van der Waals surface area contributed by atoms with Crippen LogP contribution in [0.5, 0.6) is 5.75 Å². The van der Waals surface area contributed by atoms with Crippen LogP contribution in [0.2, 0.25) is 0 Å². The van der Waals surface area contributed by atoms with Crippen molar-refractivity contribution in [2.24, 2.45) is 0 Å². The molecule has 0 bridgehead atoms. The molecule has 0 atom stereocenters.